The van der Waals surface area contributed by atoms with Crippen LogP contribution < -0.4 is 15.4 Å². The lowest BCUT2D eigenvalue weighted by Crippen LogP contribution is -2.35. The number of hydrogen-bond donors (Lipinski definition) is 2. The van der Waals surface area contributed by atoms with Gasteiger partial charge in [0, 0.05) is 17.8 Å². The molecule has 0 aromatic heterocycles. The number of thiocarbonyl (C=S) groups is 1. The standard InChI is InChI=1S/C12H18N2OS/c1-4-9(2)13-12(16)14-10-6-5-7-11(8-10)15-3/h5-9H,4H2,1-3H3,(H2,13,14,16)/t9-/m0/s1. The summed E-state index contributed by atoms with van der Waals surface area (Å²) in [6.07, 6.45) is 1.04. The topological polar surface area (TPSA) is 33.3 Å². The van der Waals surface area contributed by atoms with Crippen molar-refractivity contribution in [1.82, 2.24) is 5.32 Å². The van der Waals surface area contributed by atoms with Crippen LogP contribution in [-0.4, -0.2) is 18.3 Å². The van der Waals surface area contributed by atoms with E-state index in [1.165, 1.54) is 0 Å². The zero-order valence-electron chi connectivity index (χ0n) is 9.91. The number of nitrogens with one attached hydrogen (secondary N) is 2. The average molecular weight is 238 g/mol. The Morgan fingerprint density at radius 2 is 2.25 bits per heavy atom. The van der Waals surface area contributed by atoms with Crippen molar-refractivity contribution >= 4 is 23.0 Å². The van der Waals surface area contributed by atoms with Gasteiger partial charge in [-0.3, -0.25) is 0 Å². The number of ether oxygens (including phenoxy) is 1. The molecule has 0 spiro atoms. The molecule has 1 aromatic rings. The van der Waals surface area contributed by atoms with Gasteiger partial charge in [0.05, 0.1) is 7.11 Å². The highest BCUT2D eigenvalue weighted by molar-refractivity contribution is 7.80. The number of rotatable bonds is 4. The van der Waals surface area contributed by atoms with Crippen molar-refractivity contribution in [3.63, 3.8) is 0 Å². The summed E-state index contributed by atoms with van der Waals surface area (Å²) in [5.41, 5.74) is 0.931. The third-order valence-electron chi connectivity index (χ3n) is 2.32. The lowest BCUT2D eigenvalue weighted by molar-refractivity contribution is 0.415. The van der Waals surface area contributed by atoms with Crippen LogP contribution in [0.25, 0.3) is 0 Å². The van der Waals surface area contributed by atoms with Gasteiger partial charge in [0.15, 0.2) is 5.11 Å². The van der Waals surface area contributed by atoms with E-state index in [4.69, 9.17) is 17.0 Å². The Kier molecular flexibility index (Phi) is 5.05. The van der Waals surface area contributed by atoms with Crippen molar-refractivity contribution in [1.29, 1.82) is 0 Å². The first-order valence-electron chi connectivity index (χ1n) is 5.37. The normalized spacial score (nSPS) is 11.7. The maximum absolute atomic E-state index is 5.20. The maximum Gasteiger partial charge on any atom is 0.170 e. The lowest BCUT2D eigenvalue weighted by atomic mass is 10.3. The molecule has 2 N–H and O–H groups in total. The number of anilines is 1. The molecule has 88 valence electrons. The van der Waals surface area contributed by atoms with Crippen molar-refractivity contribution in [2.45, 2.75) is 26.3 Å². The van der Waals surface area contributed by atoms with Gasteiger partial charge in [0.2, 0.25) is 0 Å². The van der Waals surface area contributed by atoms with E-state index in [0.29, 0.717) is 11.2 Å². The fourth-order valence-electron chi connectivity index (χ4n) is 1.19. The van der Waals surface area contributed by atoms with Gasteiger partial charge in [-0.15, -0.1) is 0 Å². The molecule has 0 saturated carbocycles. The van der Waals surface area contributed by atoms with Crippen LogP contribution in [0.1, 0.15) is 20.3 Å². The van der Waals surface area contributed by atoms with Crippen LogP contribution in [0.3, 0.4) is 0 Å². The van der Waals surface area contributed by atoms with Crippen LogP contribution in [0.5, 0.6) is 5.75 Å². The Morgan fingerprint density at radius 1 is 1.50 bits per heavy atom. The second kappa shape index (κ2) is 6.33. The zero-order chi connectivity index (χ0) is 12.0. The van der Waals surface area contributed by atoms with Crippen molar-refractivity contribution in [3.8, 4) is 5.75 Å². The molecule has 0 aliphatic carbocycles. The molecule has 1 aromatic carbocycles. The first kappa shape index (κ1) is 12.8. The predicted molar refractivity (Wildman–Crippen MR) is 72.1 cm³/mol. The summed E-state index contributed by atoms with van der Waals surface area (Å²) in [6.45, 7) is 4.21. The highest BCUT2D eigenvalue weighted by atomic mass is 32.1. The number of benzene rings is 1. The quantitative estimate of drug-likeness (QED) is 0.790. The fraction of sp³-hybridized carbons (Fsp3) is 0.417. The number of hydrogen-bond acceptors (Lipinski definition) is 2. The van der Waals surface area contributed by atoms with E-state index in [9.17, 15) is 0 Å². The molecule has 1 rings (SSSR count). The summed E-state index contributed by atoms with van der Waals surface area (Å²) in [5.74, 6) is 0.816. The van der Waals surface area contributed by atoms with Gasteiger partial charge >= 0.3 is 0 Å². The van der Waals surface area contributed by atoms with Crippen LogP contribution in [0.2, 0.25) is 0 Å². The molecule has 0 radical (unpaired) electrons. The lowest BCUT2D eigenvalue weighted by Gasteiger charge is -2.15. The van der Waals surface area contributed by atoms with Crippen LogP contribution in [0.15, 0.2) is 24.3 Å². The zero-order valence-corrected chi connectivity index (χ0v) is 10.7. The molecule has 0 saturated heterocycles. The Labute approximate surface area is 102 Å². The summed E-state index contributed by atoms with van der Waals surface area (Å²) in [4.78, 5) is 0. The van der Waals surface area contributed by atoms with Crippen LogP contribution in [0.4, 0.5) is 5.69 Å². The first-order valence-corrected chi connectivity index (χ1v) is 5.78. The van der Waals surface area contributed by atoms with E-state index >= 15 is 0 Å². The minimum Gasteiger partial charge on any atom is -0.497 e. The fourth-order valence-corrected chi connectivity index (χ4v) is 1.51. The van der Waals surface area contributed by atoms with Crippen molar-refractivity contribution in [3.05, 3.63) is 24.3 Å². The molecule has 16 heavy (non-hydrogen) atoms. The Hall–Kier alpha value is -1.29. The van der Waals surface area contributed by atoms with Gasteiger partial charge in [-0.25, -0.2) is 0 Å². The minimum atomic E-state index is 0.380. The molecule has 0 aliphatic rings. The molecule has 0 fully saturated rings. The molecule has 0 heterocycles. The van der Waals surface area contributed by atoms with Gasteiger partial charge < -0.3 is 15.4 Å². The Morgan fingerprint density at radius 3 is 2.88 bits per heavy atom. The van der Waals surface area contributed by atoms with E-state index in [1.54, 1.807) is 7.11 Å². The second-order valence-electron chi connectivity index (χ2n) is 3.64. The molecule has 0 amide bonds. The second-order valence-corrected chi connectivity index (χ2v) is 4.05. The molecule has 0 aliphatic heterocycles. The SMILES string of the molecule is CC[C@H](C)NC(=S)Nc1cccc(OC)c1. The largest absolute Gasteiger partial charge is 0.497 e. The monoisotopic (exact) mass is 238 g/mol. The van der Waals surface area contributed by atoms with Gasteiger partial charge in [-0.05, 0) is 37.7 Å². The van der Waals surface area contributed by atoms with Crippen molar-refractivity contribution < 1.29 is 4.74 Å². The molecule has 0 unspecified atom stereocenters. The Bertz CT molecular complexity index is 355. The minimum absolute atomic E-state index is 0.380. The molecule has 3 nitrogen and oxygen atoms in total. The van der Waals surface area contributed by atoms with Gasteiger partial charge in [-0.1, -0.05) is 13.0 Å². The summed E-state index contributed by atoms with van der Waals surface area (Å²) in [5, 5.41) is 6.96. The van der Waals surface area contributed by atoms with Gasteiger partial charge in [0.25, 0.3) is 0 Å². The van der Waals surface area contributed by atoms with E-state index in [2.05, 4.69) is 24.5 Å². The van der Waals surface area contributed by atoms with E-state index < -0.39 is 0 Å². The first-order chi connectivity index (χ1) is 7.65. The highest BCUT2D eigenvalue weighted by Crippen LogP contribution is 2.16. The third-order valence-corrected chi connectivity index (χ3v) is 2.54. The van der Waals surface area contributed by atoms with Gasteiger partial charge in [-0.2, -0.15) is 0 Å². The van der Waals surface area contributed by atoms with Crippen LogP contribution in [-0.2, 0) is 0 Å². The molecule has 0 bridgehead atoms. The third kappa shape index (κ3) is 4.06. The van der Waals surface area contributed by atoms with Crippen LogP contribution in [0, 0.1) is 0 Å². The average Bonchev–Trinajstić information content (AvgIpc) is 2.28. The summed E-state index contributed by atoms with van der Waals surface area (Å²) in [6, 6.07) is 8.06. The van der Waals surface area contributed by atoms with E-state index in [1.807, 2.05) is 24.3 Å². The molecular formula is C12H18N2OS. The van der Waals surface area contributed by atoms with Crippen molar-refractivity contribution in [2.24, 2.45) is 0 Å². The highest BCUT2D eigenvalue weighted by Gasteiger charge is 2.02. The van der Waals surface area contributed by atoms with E-state index in [-0.39, 0.29) is 0 Å². The van der Waals surface area contributed by atoms with Crippen LogP contribution >= 0.6 is 12.2 Å². The molecular weight excluding hydrogens is 220 g/mol. The summed E-state index contributed by atoms with van der Waals surface area (Å²) >= 11 is 5.20. The van der Waals surface area contributed by atoms with Crippen molar-refractivity contribution in [2.75, 3.05) is 12.4 Å². The summed E-state index contributed by atoms with van der Waals surface area (Å²) < 4.78 is 5.13. The molecule has 4 heteroatoms. The Balaban J connectivity index is 2.55. The maximum atomic E-state index is 5.20. The predicted octanol–water partition coefficient (Wildman–Crippen LogP) is 2.78. The number of methoxy groups -OCH3 is 1. The smallest absolute Gasteiger partial charge is 0.170 e. The summed E-state index contributed by atoms with van der Waals surface area (Å²) in [7, 11) is 1.65. The van der Waals surface area contributed by atoms with Gasteiger partial charge in [0.1, 0.15) is 5.75 Å². The van der Waals surface area contributed by atoms with E-state index in [0.717, 1.165) is 17.9 Å². The molecule has 1 atom stereocenters.